The van der Waals surface area contributed by atoms with Gasteiger partial charge in [-0.15, -0.1) is 0 Å². The Morgan fingerprint density at radius 2 is 1.88 bits per heavy atom. The third-order valence-electron chi connectivity index (χ3n) is 4.67. The van der Waals surface area contributed by atoms with Gasteiger partial charge in [0.1, 0.15) is 5.82 Å². The number of anilines is 2. The number of halogens is 4. The zero-order valence-electron chi connectivity index (χ0n) is 17.9. The van der Waals surface area contributed by atoms with Gasteiger partial charge >= 0.3 is 6.18 Å². The SMILES string of the molecule is CCCCn1c(SCC(=O)Nc2ccc(F)c(NC(C)=O)c2)nc2cc(C(F)(F)F)ccc21. The molecule has 0 aliphatic carbocycles. The molecule has 0 aliphatic rings. The van der Waals surface area contributed by atoms with Crippen LogP contribution in [0.3, 0.4) is 0 Å². The van der Waals surface area contributed by atoms with E-state index in [4.69, 9.17) is 0 Å². The van der Waals surface area contributed by atoms with E-state index in [1.807, 2.05) is 11.5 Å². The maximum atomic E-state index is 13.8. The van der Waals surface area contributed by atoms with Crippen LogP contribution in [0.1, 0.15) is 32.3 Å². The second-order valence-electron chi connectivity index (χ2n) is 7.31. The molecular weight excluding hydrogens is 460 g/mol. The van der Waals surface area contributed by atoms with Crippen molar-refractivity contribution in [2.24, 2.45) is 0 Å². The average molecular weight is 483 g/mol. The second kappa shape index (κ2) is 10.2. The van der Waals surface area contributed by atoms with Crippen LogP contribution in [-0.2, 0) is 22.3 Å². The molecular formula is C22H22F4N4O2S. The Balaban J connectivity index is 1.77. The molecule has 0 unspecified atom stereocenters. The van der Waals surface area contributed by atoms with E-state index in [0.717, 1.165) is 42.8 Å². The number of aryl methyl sites for hydroxylation is 1. The van der Waals surface area contributed by atoms with E-state index in [1.165, 1.54) is 25.1 Å². The Morgan fingerprint density at radius 1 is 1.12 bits per heavy atom. The van der Waals surface area contributed by atoms with Gasteiger partial charge in [0.25, 0.3) is 0 Å². The summed E-state index contributed by atoms with van der Waals surface area (Å²) in [5.41, 5.74) is 0.228. The van der Waals surface area contributed by atoms with Crippen LogP contribution in [0.5, 0.6) is 0 Å². The molecule has 2 amide bonds. The van der Waals surface area contributed by atoms with E-state index >= 15 is 0 Å². The molecule has 11 heteroatoms. The van der Waals surface area contributed by atoms with Crippen molar-refractivity contribution in [3.63, 3.8) is 0 Å². The summed E-state index contributed by atoms with van der Waals surface area (Å²) < 4.78 is 54.8. The number of benzene rings is 2. The minimum Gasteiger partial charge on any atom is -0.325 e. The number of rotatable bonds is 8. The predicted octanol–water partition coefficient (Wildman–Crippen LogP) is 5.68. The summed E-state index contributed by atoms with van der Waals surface area (Å²) >= 11 is 1.10. The monoisotopic (exact) mass is 482 g/mol. The first-order valence-electron chi connectivity index (χ1n) is 10.2. The molecule has 0 fully saturated rings. The number of aromatic nitrogens is 2. The van der Waals surface area contributed by atoms with Crippen molar-refractivity contribution in [3.05, 3.63) is 47.8 Å². The summed E-state index contributed by atoms with van der Waals surface area (Å²) in [6.07, 6.45) is -2.79. The number of carbonyl (C=O) groups excluding carboxylic acids is 2. The summed E-state index contributed by atoms with van der Waals surface area (Å²) in [7, 11) is 0. The fourth-order valence-electron chi connectivity index (χ4n) is 3.14. The largest absolute Gasteiger partial charge is 0.416 e. The molecule has 0 saturated carbocycles. The molecule has 3 rings (SSSR count). The van der Waals surface area contributed by atoms with Crippen molar-refractivity contribution in [1.29, 1.82) is 0 Å². The van der Waals surface area contributed by atoms with Crippen molar-refractivity contribution < 1.29 is 27.2 Å². The van der Waals surface area contributed by atoms with Crippen LogP contribution in [0.25, 0.3) is 11.0 Å². The third-order valence-corrected chi connectivity index (χ3v) is 5.65. The Hall–Kier alpha value is -3.08. The average Bonchev–Trinajstić information content (AvgIpc) is 3.09. The lowest BCUT2D eigenvalue weighted by molar-refractivity contribution is -0.137. The number of carbonyl (C=O) groups is 2. The number of nitrogens with one attached hydrogen (secondary N) is 2. The number of fused-ring (bicyclic) bond motifs is 1. The van der Waals surface area contributed by atoms with Crippen molar-refractivity contribution in [2.75, 3.05) is 16.4 Å². The summed E-state index contributed by atoms with van der Waals surface area (Å²) in [6, 6.07) is 7.20. The van der Waals surface area contributed by atoms with E-state index < -0.39 is 29.4 Å². The number of unbranched alkanes of at least 4 members (excludes halogenated alkanes) is 1. The van der Waals surface area contributed by atoms with Gasteiger partial charge in [0.05, 0.1) is 28.0 Å². The first kappa shape index (κ1) is 24.6. The molecule has 0 saturated heterocycles. The van der Waals surface area contributed by atoms with E-state index in [2.05, 4.69) is 15.6 Å². The summed E-state index contributed by atoms with van der Waals surface area (Å²) in [6.45, 7) is 3.79. The molecule has 0 spiro atoms. The highest BCUT2D eigenvalue weighted by molar-refractivity contribution is 7.99. The molecule has 33 heavy (non-hydrogen) atoms. The van der Waals surface area contributed by atoms with Gasteiger partial charge in [0.15, 0.2) is 5.16 Å². The van der Waals surface area contributed by atoms with Gasteiger partial charge in [-0.05, 0) is 42.8 Å². The Morgan fingerprint density at radius 3 is 2.55 bits per heavy atom. The molecule has 2 N–H and O–H groups in total. The molecule has 0 aliphatic heterocycles. The van der Waals surface area contributed by atoms with Crippen LogP contribution in [0.15, 0.2) is 41.6 Å². The highest BCUT2D eigenvalue weighted by Gasteiger charge is 2.31. The van der Waals surface area contributed by atoms with Gasteiger partial charge in [-0.3, -0.25) is 9.59 Å². The zero-order valence-corrected chi connectivity index (χ0v) is 18.7. The fraction of sp³-hybridized carbons (Fsp3) is 0.318. The molecule has 176 valence electrons. The van der Waals surface area contributed by atoms with Gasteiger partial charge in [0, 0.05) is 19.2 Å². The summed E-state index contributed by atoms with van der Waals surface area (Å²) in [5.74, 6) is -1.56. The highest BCUT2D eigenvalue weighted by Crippen LogP contribution is 2.33. The van der Waals surface area contributed by atoms with Gasteiger partial charge in [0.2, 0.25) is 11.8 Å². The number of alkyl halides is 3. The summed E-state index contributed by atoms with van der Waals surface area (Å²) in [5, 5.41) is 5.39. The van der Waals surface area contributed by atoms with Crippen molar-refractivity contribution >= 4 is 46.0 Å². The molecule has 0 atom stereocenters. The lowest BCUT2D eigenvalue weighted by atomic mass is 10.2. The normalized spacial score (nSPS) is 11.6. The Labute approximate surface area is 191 Å². The molecule has 1 aromatic heterocycles. The highest BCUT2D eigenvalue weighted by atomic mass is 32.2. The molecule has 6 nitrogen and oxygen atoms in total. The number of nitrogens with zero attached hydrogens (tertiary/aromatic N) is 2. The fourth-order valence-corrected chi connectivity index (χ4v) is 3.98. The number of hydrogen-bond donors (Lipinski definition) is 2. The topological polar surface area (TPSA) is 76.0 Å². The quantitative estimate of drug-likeness (QED) is 0.320. The van der Waals surface area contributed by atoms with E-state index in [-0.39, 0.29) is 17.0 Å². The Kier molecular flexibility index (Phi) is 7.62. The molecule has 3 aromatic rings. The predicted molar refractivity (Wildman–Crippen MR) is 120 cm³/mol. The van der Waals surface area contributed by atoms with Gasteiger partial charge in [-0.25, -0.2) is 9.37 Å². The van der Waals surface area contributed by atoms with Crippen LogP contribution < -0.4 is 10.6 Å². The lowest BCUT2D eigenvalue weighted by Crippen LogP contribution is -2.15. The van der Waals surface area contributed by atoms with E-state index in [1.54, 1.807) is 0 Å². The lowest BCUT2D eigenvalue weighted by Gasteiger charge is -2.10. The van der Waals surface area contributed by atoms with Gasteiger partial charge in [-0.2, -0.15) is 13.2 Å². The van der Waals surface area contributed by atoms with E-state index in [9.17, 15) is 27.2 Å². The maximum Gasteiger partial charge on any atom is 0.416 e. The first-order chi connectivity index (χ1) is 15.6. The minimum atomic E-state index is -4.47. The van der Waals surface area contributed by atoms with Crippen LogP contribution in [-0.4, -0.2) is 27.1 Å². The number of hydrogen-bond acceptors (Lipinski definition) is 4. The number of imidazole rings is 1. The van der Waals surface area contributed by atoms with Crippen molar-refractivity contribution in [2.45, 2.75) is 44.6 Å². The first-order valence-corrected chi connectivity index (χ1v) is 11.1. The smallest absolute Gasteiger partial charge is 0.325 e. The van der Waals surface area contributed by atoms with Gasteiger partial charge < -0.3 is 15.2 Å². The second-order valence-corrected chi connectivity index (χ2v) is 8.26. The van der Waals surface area contributed by atoms with Crippen LogP contribution in [0.2, 0.25) is 0 Å². The zero-order chi connectivity index (χ0) is 24.2. The van der Waals surface area contributed by atoms with Crippen molar-refractivity contribution in [3.8, 4) is 0 Å². The van der Waals surface area contributed by atoms with Crippen molar-refractivity contribution in [1.82, 2.24) is 9.55 Å². The van der Waals surface area contributed by atoms with Crippen LogP contribution in [0.4, 0.5) is 28.9 Å². The maximum absolute atomic E-state index is 13.8. The van der Waals surface area contributed by atoms with E-state index in [0.29, 0.717) is 22.9 Å². The molecule has 0 radical (unpaired) electrons. The standard InChI is InChI=1S/C22H22F4N4O2S/c1-3-4-9-30-19-8-5-14(22(24,25)26)10-18(19)29-21(30)33-12-20(32)28-15-6-7-16(23)17(11-15)27-13(2)31/h5-8,10-11H,3-4,9,12H2,1-2H3,(H,27,31)(H,28,32). The number of amides is 2. The van der Waals surface area contributed by atoms with Crippen LogP contribution >= 0.6 is 11.8 Å². The third kappa shape index (κ3) is 6.25. The van der Waals surface area contributed by atoms with Gasteiger partial charge in [-0.1, -0.05) is 25.1 Å². The molecule has 0 bridgehead atoms. The van der Waals surface area contributed by atoms with Crippen LogP contribution in [0, 0.1) is 5.82 Å². The summed E-state index contributed by atoms with van der Waals surface area (Å²) in [4.78, 5) is 27.9. The molecule has 2 aromatic carbocycles. The number of thioether (sulfide) groups is 1. The minimum absolute atomic E-state index is 0.0604. The Bertz CT molecular complexity index is 1180. The molecule has 1 heterocycles.